The van der Waals surface area contributed by atoms with Crippen LogP contribution in [0.15, 0.2) is 23.8 Å². The lowest BCUT2D eigenvalue weighted by Crippen LogP contribution is -2.67. The van der Waals surface area contributed by atoms with E-state index in [2.05, 4.69) is 52.8 Å². The minimum Gasteiger partial charge on any atom is -0.446 e. The highest BCUT2D eigenvalue weighted by Gasteiger charge is 2.74. The number of amides is 1. The first-order valence-electron chi connectivity index (χ1n) is 21.7. The van der Waals surface area contributed by atoms with E-state index < -0.39 is 16.4 Å². The smallest absolute Gasteiger partial charge is 0.410 e. The molecule has 0 aromatic rings. The van der Waals surface area contributed by atoms with Gasteiger partial charge in [-0.1, -0.05) is 78.5 Å². The highest BCUT2D eigenvalue weighted by Crippen LogP contribution is 2.78. The van der Waals surface area contributed by atoms with Crippen LogP contribution in [0.3, 0.4) is 0 Å². The summed E-state index contributed by atoms with van der Waals surface area (Å²) in [5, 5.41) is 24.3. The van der Waals surface area contributed by atoms with Gasteiger partial charge in [0.2, 0.25) is 0 Å². The lowest BCUT2D eigenvalue weighted by Gasteiger charge is -2.71. The number of rotatable bonds is 8. The van der Waals surface area contributed by atoms with Gasteiger partial charge in [-0.3, -0.25) is 4.79 Å². The third-order valence-electron chi connectivity index (χ3n) is 17.3. The fourth-order valence-corrected chi connectivity index (χ4v) is 14.2. The summed E-state index contributed by atoms with van der Waals surface area (Å²) in [6.07, 6.45) is 22.6. The molecule has 52 heavy (non-hydrogen) atoms. The largest absolute Gasteiger partial charge is 0.446 e. The van der Waals surface area contributed by atoms with E-state index in [0.717, 1.165) is 89.0 Å². The minimum absolute atomic E-state index is 0.0426. The Balaban J connectivity index is 1.13. The Morgan fingerprint density at radius 2 is 1.65 bits per heavy atom. The molecular weight excluding hydrogens is 650 g/mol. The average Bonchev–Trinajstić information content (AvgIpc) is 3.73. The molecule has 1 unspecified atom stereocenters. The summed E-state index contributed by atoms with van der Waals surface area (Å²) in [6, 6.07) is 0. The van der Waals surface area contributed by atoms with Gasteiger partial charge in [-0.2, -0.15) is 0 Å². The van der Waals surface area contributed by atoms with E-state index >= 15 is 0 Å². The summed E-state index contributed by atoms with van der Waals surface area (Å²) in [4.78, 5) is 31.2. The number of nitrogens with zero attached hydrogens (tertiary/aromatic N) is 1. The second-order valence-corrected chi connectivity index (χ2v) is 20.3. The fraction of sp³-hybridized carbons (Fsp3) is 0.867. The van der Waals surface area contributed by atoms with Gasteiger partial charge in [0.05, 0.1) is 30.9 Å². The summed E-state index contributed by atoms with van der Waals surface area (Å²) in [5.41, 5.74) is -1.37. The molecule has 2 spiro atoms. The zero-order valence-corrected chi connectivity index (χ0v) is 33.0. The minimum atomic E-state index is -1.12. The Kier molecular flexibility index (Phi) is 9.67. The van der Waals surface area contributed by atoms with Crippen molar-refractivity contribution in [2.45, 2.75) is 168 Å². The molecular formula is C45H69NO6. The van der Waals surface area contributed by atoms with Gasteiger partial charge in [-0.15, -0.1) is 0 Å². The van der Waals surface area contributed by atoms with Gasteiger partial charge in [0.25, 0.3) is 0 Å². The van der Waals surface area contributed by atoms with Gasteiger partial charge in [0, 0.05) is 34.3 Å². The van der Waals surface area contributed by atoms with Crippen LogP contribution in [0.25, 0.3) is 0 Å². The van der Waals surface area contributed by atoms with E-state index in [4.69, 9.17) is 9.47 Å². The number of carbonyl (C=O) groups is 2. The maximum Gasteiger partial charge on any atom is 0.410 e. The molecule has 1 amide bonds. The molecule has 0 aromatic heterocycles. The number of hydrogen-bond donors (Lipinski definition) is 2. The van der Waals surface area contributed by atoms with Crippen molar-refractivity contribution >= 4 is 11.9 Å². The quantitative estimate of drug-likeness (QED) is 0.244. The topological polar surface area (TPSA) is 96.3 Å². The number of allylic oxidation sites excluding steroid dienone is 4. The number of aliphatic hydroxyl groups is 2. The van der Waals surface area contributed by atoms with Crippen molar-refractivity contribution in [2.24, 2.45) is 57.2 Å². The number of fused-ring (bicyclic) bond motifs is 1. The van der Waals surface area contributed by atoms with E-state index in [1.54, 1.807) is 0 Å². The molecule has 2 N–H and O–H groups in total. The zero-order valence-electron chi connectivity index (χ0n) is 33.0. The molecule has 290 valence electrons. The predicted molar refractivity (Wildman–Crippen MR) is 202 cm³/mol. The number of ketones is 1. The van der Waals surface area contributed by atoms with Crippen LogP contribution in [0.2, 0.25) is 0 Å². The molecule has 1 saturated heterocycles. The monoisotopic (exact) mass is 720 g/mol. The molecule has 8 aliphatic carbocycles. The molecule has 9 rings (SSSR count). The number of hydrogen-bond acceptors (Lipinski definition) is 6. The van der Waals surface area contributed by atoms with Crippen LogP contribution < -0.4 is 0 Å². The molecule has 12 atom stereocenters. The molecule has 5 saturated carbocycles. The molecule has 6 fully saturated rings. The third-order valence-corrected chi connectivity index (χ3v) is 17.3. The van der Waals surface area contributed by atoms with E-state index in [9.17, 15) is 19.8 Å². The average molecular weight is 720 g/mol. The van der Waals surface area contributed by atoms with Gasteiger partial charge in [-0.25, -0.2) is 4.79 Å². The van der Waals surface area contributed by atoms with Gasteiger partial charge in [0.1, 0.15) is 6.10 Å². The Morgan fingerprint density at radius 1 is 0.923 bits per heavy atom. The van der Waals surface area contributed by atoms with Crippen LogP contribution >= 0.6 is 0 Å². The first-order valence-corrected chi connectivity index (χ1v) is 21.7. The van der Waals surface area contributed by atoms with E-state index in [1.165, 1.54) is 12.8 Å². The molecule has 9 aliphatic rings. The molecule has 7 heteroatoms. The van der Waals surface area contributed by atoms with Crippen molar-refractivity contribution in [3.63, 3.8) is 0 Å². The Hall–Kier alpha value is -1.70. The Bertz CT molecular complexity index is 1440. The molecule has 0 aromatic carbocycles. The normalized spacial score (nSPS) is 47.1. The van der Waals surface area contributed by atoms with Crippen LogP contribution in [-0.4, -0.2) is 70.6 Å². The van der Waals surface area contributed by atoms with E-state index in [1.807, 2.05) is 4.90 Å². The van der Waals surface area contributed by atoms with Crippen molar-refractivity contribution in [1.29, 1.82) is 0 Å². The first kappa shape index (κ1) is 37.2. The number of Topliss-reactive ketones (excluding diaryl/α,β-unsaturated/α-hetero) is 1. The summed E-state index contributed by atoms with van der Waals surface area (Å²) in [5.74, 6) is 2.11. The number of aliphatic hydroxyl groups excluding tert-OH is 1. The summed E-state index contributed by atoms with van der Waals surface area (Å²) in [6.45, 7) is 12.9. The molecule has 1 heterocycles. The molecule has 2 bridgehead atoms. The second-order valence-electron chi connectivity index (χ2n) is 20.3. The predicted octanol–water partition coefficient (Wildman–Crippen LogP) is 8.81. The zero-order chi connectivity index (χ0) is 36.7. The van der Waals surface area contributed by atoms with E-state index in [0.29, 0.717) is 55.4 Å². The highest BCUT2D eigenvalue weighted by atomic mass is 16.6. The summed E-state index contributed by atoms with van der Waals surface area (Å²) in [7, 11) is 0. The second kappa shape index (κ2) is 13.5. The van der Waals surface area contributed by atoms with Gasteiger partial charge in [-0.05, 0) is 118 Å². The van der Waals surface area contributed by atoms with E-state index in [-0.39, 0.29) is 53.6 Å². The molecule has 0 radical (unpaired) electrons. The third kappa shape index (κ3) is 5.65. The van der Waals surface area contributed by atoms with Crippen molar-refractivity contribution < 1.29 is 29.3 Å². The summed E-state index contributed by atoms with van der Waals surface area (Å²) >= 11 is 0. The maximum absolute atomic E-state index is 14.9. The first-order chi connectivity index (χ1) is 24.8. The molecule has 7 nitrogen and oxygen atoms in total. The number of ether oxygens (including phenoxy) is 2. The van der Waals surface area contributed by atoms with Crippen molar-refractivity contribution in [2.75, 3.05) is 19.7 Å². The Morgan fingerprint density at radius 3 is 2.38 bits per heavy atom. The molecule has 1 aliphatic heterocycles. The maximum atomic E-state index is 14.9. The van der Waals surface area contributed by atoms with Crippen molar-refractivity contribution in [3.8, 4) is 0 Å². The van der Waals surface area contributed by atoms with Crippen LogP contribution in [0, 0.1) is 57.2 Å². The lowest BCUT2D eigenvalue weighted by molar-refractivity contribution is -0.179. The van der Waals surface area contributed by atoms with Crippen LogP contribution in [0.4, 0.5) is 4.79 Å². The van der Waals surface area contributed by atoms with Gasteiger partial charge >= 0.3 is 6.09 Å². The lowest BCUT2D eigenvalue weighted by atomic mass is 9.32. The summed E-state index contributed by atoms with van der Waals surface area (Å²) < 4.78 is 12.6. The highest BCUT2D eigenvalue weighted by molar-refractivity contribution is 6.00. The van der Waals surface area contributed by atoms with Crippen molar-refractivity contribution in [1.82, 2.24) is 4.90 Å². The van der Waals surface area contributed by atoms with Crippen LogP contribution in [0.1, 0.15) is 144 Å². The Labute approximate surface area is 313 Å². The van der Waals surface area contributed by atoms with Crippen LogP contribution in [-0.2, 0) is 14.3 Å². The fourth-order valence-electron chi connectivity index (χ4n) is 14.2. The van der Waals surface area contributed by atoms with Gasteiger partial charge < -0.3 is 24.6 Å². The van der Waals surface area contributed by atoms with Gasteiger partial charge in [0.15, 0.2) is 5.78 Å². The van der Waals surface area contributed by atoms with Crippen molar-refractivity contribution in [3.05, 3.63) is 23.8 Å². The SMILES string of the molecule is CC(C)[C@H]1CC[C@H](C)C[C@@H]1OC(=O)N(C[C@H]1CCCO1)C[C@]1(O)CC[C@H]2[C@]34C=C[C@@]5(C=C3C(=O)C3CCCCC3)CC(O)CC[C@]5(C)[C@H]4CC[C@@]21C. The van der Waals surface area contributed by atoms with Crippen LogP contribution in [0.5, 0.6) is 0 Å². The number of carbonyl (C=O) groups excluding carboxylic acids is 2. The standard InChI is InChI=1S/C45H69NO6/c1-29(2)34-14-13-30(3)24-36(34)52-40(49)46(27-33-12-9-23-51-33)28-44(50)20-17-38-42(44,5)19-16-37-41(4)18-15-32(47)25-43(41)21-22-45(37,38)35(26-43)39(48)31-10-7-6-8-11-31/h21-22,26,29-34,36-38,47,50H,6-20,23-25,27-28H2,1-5H3/t30-,32?,33+,34+,36-,37+,38+,41+,42-,43-,44+,45+/m0/s1.